The van der Waals surface area contributed by atoms with Crippen molar-refractivity contribution in [3.8, 4) is 5.69 Å². The molecule has 0 aliphatic rings. The highest BCUT2D eigenvalue weighted by Gasteiger charge is 2.17. The molecule has 0 saturated heterocycles. The number of H-pyrrole nitrogens is 1. The van der Waals surface area contributed by atoms with E-state index in [0.29, 0.717) is 34.3 Å². The summed E-state index contributed by atoms with van der Waals surface area (Å²) >= 11 is 0. The largest absolute Gasteiger partial charge is 0.294 e. The molecule has 2 aromatic heterocycles. The van der Waals surface area contributed by atoms with E-state index in [1.807, 2.05) is 55.5 Å². The van der Waals surface area contributed by atoms with E-state index in [4.69, 9.17) is 4.98 Å². The Morgan fingerprint density at radius 3 is 2.63 bits per heavy atom. The molecule has 0 radical (unpaired) electrons. The lowest BCUT2D eigenvalue weighted by atomic mass is 10.0. The minimum Gasteiger partial charge on any atom is -0.294 e. The number of aromatic nitrogens is 4. The van der Waals surface area contributed by atoms with Crippen LogP contribution in [0.4, 0.5) is 0 Å². The Balaban J connectivity index is 1.92. The topological polar surface area (TPSA) is 80.6 Å². The number of nitrogens with zero attached hydrogens (tertiary/aromatic N) is 3. The zero-order valence-corrected chi connectivity index (χ0v) is 14.8. The Labute approximate surface area is 155 Å². The number of fused-ring (bicyclic) bond motifs is 1. The molecule has 0 atom stereocenters. The van der Waals surface area contributed by atoms with Crippen LogP contribution in [-0.2, 0) is 12.8 Å². The molecule has 0 fully saturated rings. The maximum atomic E-state index is 13.4. The normalized spacial score (nSPS) is 11.0. The molecule has 134 valence electrons. The van der Waals surface area contributed by atoms with E-state index in [2.05, 4.69) is 10.2 Å². The van der Waals surface area contributed by atoms with Crippen molar-refractivity contribution in [2.45, 2.75) is 19.8 Å². The minimum atomic E-state index is -0.154. The lowest BCUT2D eigenvalue weighted by Crippen LogP contribution is -2.25. The molecule has 0 aliphatic carbocycles. The van der Waals surface area contributed by atoms with E-state index in [9.17, 15) is 9.59 Å². The number of para-hydroxylation sites is 1. The zero-order valence-electron chi connectivity index (χ0n) is 14.8. The molecule has 4 aromatic rings. The third kappa shape index (κ3) is 3.06. The van der Waals surface area contributed by atoms with Gasteiger partial charge in [0.05, 0.1) is 28.4 Å². The smallest absolute Gasteiger partial charge is 0.266 e. The van der Waals surface area contributed by atoms with Crippen LogP contribution in [0.5, 0.6) is 0 Å². The van der Waals surface area contributed by atoms with E-state index >= 15 is 0 Å². The molecule has 0 saturated carbocycles. The van der Waals surface area contributed by atoms with Crippen molar-refractivity contribution < 1.29 is 4.79 Å². The Hall–Kier alpha value is -3.54. The van der Waals surface area contributed by atoms with E-state index in [-0.39, 0.29) is 17.8 Å². The number of hydrogen-bond acceptors (Lipinski definition) is 4. The molecular formula is C21H18N4O2. The minimum absolute atomic E-state index is 0.0959. The summed E-state index contributed by atoms with van der Waals surface area (Å²) in [5.41, 5.74) is 2.39. The third-order valence-electron chi connectivity index (χ3n) is 4.56. The third-order valence-corrected chi connectivity index (χ3v) is 4.56. The fraction of sp³-hybridized carbons (Fsp3) is 0.143. The maximum absolute atomic E-state index is 13.4. The fourth-order valence-electron chi connectivity index (χ4n) is 3.25. The average molecular weight is 358 g/mol. The molecule has 2 heterocycles. The maximum Gasteiger partial charge on any atom is 0.266 e. The SMILES string of the molecule is CCc1nc2cccc(CC(=O)c3cn[nH]c3)c2c(=O)n1-c1ccccc1. The molecule has 0 bridgehead atoms. The van der Waals surface area contributed by atoms with Crippen LogP contribution in [0.2, 0.25) is 0 Å². The van der Waals surface area contributed by atoms with Gasteiger partial charge in [-0.3, -0.25) is 19.3 Å². The molecule has 0 amide bonds. The number of carbonyl (C=O) groups excluding carboxylic acids is 1. The van der Waals surface area contributed by atoms with Crippen LogP contribution < -0.4 is 5.56 Å². The van der Waals surface area contributed by atoms with E-state index < -0.39 is 0 Å². The number of aromatic amines is 1. The summed E-state index contributed by atoms with van der Waals surface area (Å²) in [5.74, 6) is 0.596. The number of rotatable bonds is 5. The van der Waals surface area contributed by atoms with Gasteiger partial charge in [-0.1, -0.05) is 37.3 Å². The molecule has 0 aliphatic heterocycles. The van der Waals surface area contributed by atoms with Crippen LogP contribution in [0.25, 0.3) is 16.6 Å². The van der Waals surface area contributed by atoms with Crippen molar-refractivity contribution in [3.05, 3.63) is 88.2 Å². The molecule has 27 heavy (non-hydrogen) atoms. The van der Waals surface area contributed by atoms with Crippen LogP contribution in [0.1, 0.15) is 28.7 Å². The molecular weight excluding hydrogens is 340 g/mol. The van der Waals surface area contributed by atoms with E-state index in [1.54, 1.807) is 10.8 Å². The number of Topliss-reactive ketones (excluding diaryl/α,β-unsaturated/α-hetero) is 1. The molecule has 0 spiro atoms. The van der Waals surface area contributed by atoms with Gasteiger partial charge in [0, 0.05) is 19.0 Å². The molecule has 4 rings (SSSR count). The Morgan fingerprint density at radius 1 is 1.11 bits per heavy atom. The Bertz CT molecular complexity index is 1160. The van der Waals surface area contributed by atoms with Gasteiger partial charge in [-0.2, -0.15) is 5.10 Å². The Kier molecular flexibility index (Phi) is 4.38. The standard InChI is InChI=1S/C21H18N4O2/c1-2-19-24-17-10-6-7-14(11-18(26)15-12-22-23-13-15)20(17)21(27)25(19)16-8-4-3-5-9-16/h3-10,12-13H,2,11H2,1H3,(H,22,23). The summed E-state index contributed by atoms with van der Waals surface area (Å²) in [6, 6.07) is 14.9. The average Bonchev–Trinajstić information content (AvgIpc) is 3.23. The van der Waals surface area contributed by atoms with E-state index in [1.165, 1.54) is 6.20 Å². The molecule has 0 unspecified atom stereocenters. The second-order valence-corrected chi connectivity index (χ2v) is 6.26. The van der Waals surface area contributed by atoms with Crippen molar-refractivity contribution in [1.82, 2.24) is 19.7 Å². The van der Waals surface area contributed by atoms with Crippen LogP contribution >= 0.6 is 0 Å². The quantitative estimate of drug-likeness (QED) is 0.556. The Morgan fingerprint density at radius 2 is 1.93 bits per heavy atom. The lowest BCUT2D eigenvalue weighted by molar-refractivity contribution is 0.0993. The number of benzene rings is 2. The van der Waals surface area contributed by atoms with Crippen molar-refractivity contribution in [2.24, 2.45) is 0 Å². The predicted octanol–water partition coefficient (Wildman–Crippen LogP) is 3.10. The fourth-order valence-corrected chi connectivity index (χ4v) is 3.25. The summed E-state index contributed by atoms with van der Waals surface area (Å²) in [6.45, 7) is 1.97. The first kappa shape index (κ1) is 16.9. The van der Waals surface area contributed by atoms with Crippen LogP contribution in [0.3, 0.4) is 0 Å². The van der Waals surface area contributed by atoms with Gasteiger partial charge in [-0.15, -0.1) is 0 Å². The molecule has 6 nitrogen and oxygen atoms in total. The van der Waals surface area contributed by atoms with Gasteiger partial charge in [-0.25, -0.2) is 4.98 Å². The van der Waals surface area contributed by atoms with Crippen molar-refractivity contribution in [1.29, 1.82) is 0 Å². The molecule has 2 aromatic carbocycles. The summed E-state index contributed by atoms with van der Waals surface area (Å²) in [5, 5.41) is 6.94. The number of aryl methyl sites for hydroxylation is 1. The van der Waals surface area contributed by atoms with Gasteiger partial charge in [0.1, 0.15) is 5.82 Å². The van der Waals surface area contributed by atoms with Gasteiger partial charge in [0.15, 0.2) is 5.78 Å². The second kappa shape index (κ2) is 6.99. The van der Waals surface area contributed by atoms with Crippen LogP contribution in [0, 0.1) is 0 Å². The number of carbonyl (C=O) groups is 1. The monoisotopic (exact) mass is 358 g/mol. The first-order chi connectivity index (χ1) is 13.2. The van der Waals surface area contributed by atoms with E-state index in [0.717, 1.165) is 5.69 Å². The second-order valence-electron chi connectivity index (χ2n) is 6.26. The number of nitrogens with one attached hydrogen (secondary N) is 1. The summed E-state index contributed by atoms with van der Waals surface area (Å²) in [6.07, 6.45) is 3.79. The van der Waals surface area contributed by atoms with Gasteiger partial charge in [0.2, 0.25) is 0 Å². The summed E-state index contributed by atoms with van der Waals surface area (Å²) in [7, 11) is 0. The summed E-state index contributed by atoms with van der Waals surface area (Å²) in [4.78, 5) is 30.6. The van der Waals surface area contributed by atoms with Crippen molar-refractivity contribution in [2.75, 3.05) is 0 Å². The number of hydrogen-bond donors (Lipinski definition) is 1. The first-order valence-electron chi connectivity index (χ1n) is 8.80. The number of ketones is 1. The van der Waals surface area contributed by atoms with Crippen molar-refractivity contribution in [3.63, 3.8) is 0 Å². The molecule has 6 heteroatoms. The van der Waals surface area contributed by atoms with Crippen LogP contribution in [0.15, 0.2) is 65.7 Å². The molecule has 1 N–H and O–H groups in total. The highest BCUT2D eigenvalue weighted by atomic mass is 16.1. The summed E-state index contributed by atoms with van der Waals surface area (Å²) < 4.78 is 1.63. The zero-order chi connectivity index (χ0) is 18.8. The lowest BCUT2D eigenvalue weighted by Gasteiger charge is -2.14. The van der Waals surface area contributed by atoms with Gasteiger partial charge >= 0.3 is 0 Å². The van der Waals surface area contributed by atoms with Gasteiger partial charge in [-0.05, 0) is 23.8 Å². The highest BCUT2D eigenvalue weighted by molar-refractivity contribution is 5.99. The predicted molar refractivity (Wildman–Crippen MR) is 103 cm³/mol. The van der Waals surface area contributed by atoms with Gasteiger partial charge in [0.25, 0.3) is 5.56 Å². The van der Waals surface area contributed by atoms with Crippen LogP contribution in [-0.4, -0.2) is 25.5 Å². The van der Waals surface area contributed by atoms with Crippen molar-refractivity contribution >= 4 is 16.7 Å². The van der Waals surface area contributed by atoms with Gasteiger partial charge < -0.3 is 0 Å². The highest BCUT2D eigenvalue weighted by Crippen LogP contribution is 2.18. The first-order valence-corrected chi connectivity index (χ1v) is 8.80.